The lowest BCUT2D eigenvalue weighted by molar-refractivity contribution is 0.0751. The Morgan fingerprint density at radius 3 is 2.55 bits per heavy atom. The SMILES string of the molecule is Cc1c(C(=O)NC2C3CCCC2CC(N)C3)nnn1C. The molecule has 1 amide bonds. The van der Waals surface area contributed by atoms with Crippen molar-refractivity contribution in [3.05, 3.63) is 11.4 Å². The van der Waals surface area contributed by atoms with E-state index >= 15 is 0 Å². The molecule has 2 aliphatic rings. The van der Waals surface area contributed by atoms with Gasteiger partial charge >= 0.3 is 0 Å². The molecule has 1 aromatic heterocycles. The van der Waals surface area contributed by atoms with Crippen LogP contribution in [0.2, 0.25) is 0 Å². The van der Waals surface area contributed by atoms with Crippen LogP contribution < -0.4 is 11.1 Å². The number of carbonyl (C=O) groups is 1. The molecule has 3 N–H and O–H groups in total. The molecule has 6 nitrogen and oxygen atoms in total. The lowest BCUT2D eigenvalue weighted by Crippen LogP contribution is -2.53. The van der Waals surface area contributed by atoms with E-state index in [2.05, 4.69) is 15.6 Å². The first-order chi connectivity index (χ1) is 9.56. The average Bonchev–Trinajstić information content (AvgIpc) is 2.71. The number of nitrogens with zero attached hydrogens (tertiary/aromatic N) is 3. The van der Waals surface area contributed by atoms with Crippen LogP contribution in [0.5, 0.6) is 0 Å². The molecule has 110 valence electrons. The van der Waals surface area contributed by atoms with Crippen molar-refractivity contribution in [3.63, 3.8) is 0 Å². The first-order valence-electron chi connectivity index (χ1n) is 7.49. The summed E-state index contributed by atoms with van der Waals surface area (Å²) in [4.78, 5) is 12.4. The van der Waals surface area contributed by atoms with Crippen molar-refractivity contribution >= 4 is 5.91 Å². The molecule has 0 aliphatic heterocycles. The van der Waals surface area contributed by atoms with Crippen LogP contribution in [0.3, 0.4) is 0 Å². The zero-order valence-corrected chi connectivity index (χ0v) is 12.2. The molecule has 0 radical (unpaired) electrons. The summed E-state index contributed by atoms with van der Waals surface area (Å²) in [5, 5.41) is 11.1. The number of aromatic nitrogens is 3. The first kappa shape index (κ1) is 13.5. The van der Waals surface area contributed by atoms with Gasteiger partial charge in [0.2, 0.25) is 0 Å². The lowest BCUT2D eigenvalue weighted by atomic mass is 9.67. The van der Waals surface area contributed by atoms with Crippen LogP contribution in [0.4, 0.5) is 0 Å². The van der Waals surface area contributed by atoms with Crippen molar-refractivity contribution in [1.29, 1.82) is 0 Å². The van der Waals surface area contributed by atoms with Crippen molar-refractivity contribution in [2.45, 2.75) is 51.1 Å². The number of amides is 1. The average molecular weight is 277 g/mol. The zero-order chi connectivity index (χ0) is 14.3. The molecule has 2 bridgehead atoms. The molecule has 2 unspecified atom stereocenters. The summed E-state index contributed by atoms with van der Waals surface area (Å²) in [6.45, 7) is 1.87. The van der Waals surface area contributed by atoms with Crippen LogP contribution in [0.15, 0.2) is 0 Å². The van der Waals surface area contributed by atoms with Gasteiger partial charge < -0.3 is 11.1 Å². The fourth-order valence-corrected chi connectivity index (χ4v) is 3.86. The second-order valence-electron chi connectivity index (χ2n) is 6.33. The molecule has 6 heteroatoms. The van der Waals surface area contributed by atoms with E-state index in [-0.39, 0.29) is 11.9 Å². The number of hydrogen-bond acceptors (Lipinski definition) is 4. The monoisotopic (exact) mass is 277 g/mol. The number of nitrogens with one attached hydrogen (secondary N) is 1. The van der Waals surface area contributed by atoms with E-state index in [0.717, 1.165) is 18.5 Å². The molecule has 2 fully saturated rings. The summed E-state index contributed by atoms with van der Waals surface area (Å²) in [6.07, 6.45) is 5.67. The summed E-state index contributed by atoms with van der Waals surface area (Å²) in [5.74, 6) is 0.963. The van der Waals surface area contributed by atoms with Crippen LogP contribution in [0, 0.1) is 18.8 Å². The third-order valence-corrected chi connectivity index (χ3v) is 5.00. The summed E-state index contributed by atoms with van der Waals surface area (Å²) in [5.41, 5.74) is 7.37. The van der Waals surface area contributed by atoms with Crippen LogP contribution in [0.25, 0.3) is 0 Å². The van der Waals surface area contributed by atoms with Gasteiger partial charge in [0.15, 0.2) is 5.69 Å². The van der Waals surface area contributed by atoms with Crippen LogP contribution in [0.1, 0.15) is 48.3 Å². The third-order valence-electron chi connectivity index (χ3n) is 5.00. The lowest BCUT2D eigenvalue weighted by Gasteiger charge is -2.45. The molecule has 1 heterocycles. The van der Waals surface area contributed by atoms with E-state index in [9.17, 15) is 4.79 Å². The van der Waals surface area contributed by atoms with Gasteiger partial charge in [-0.05, 0) is 44.4 Å². The highest BCUT2D eigenvalue weighted by Crippen LogP contribution is 2.39. The maximum atomic E-state index is 12.4. The molecular weight excluding hydrogens is 254 g/mol. The first-order valence-corrected chi connectivity index (χ1v) is 7.49. The Labute approximate surface area is 119 Å². The number of aryl methyl sites for hydroxylation is 1. The topological polar surface area (TPSA) is 85.8 Å². The highest BCUT2D eigenvalue weighted by Gasteiger charge is 2.40. The van der Waals surface area contributed by atoms with E-state index in [1.165, 1.54) is 19.3 Å². The van der Waals surface area contributed by atoms with E-state index in [1.54, 1.807) is 11.7 Å². The van der Waals surface area contributed by atoms with Gasteiger partial charge in [-0.1, -0.05) is 11.6 Å². The zero-order valence-electron chi connectivity index (χ0n) is 12.2. The molecule has 20 heavy (non-hydrogen) atoms. The molecule has 2 atom stereocenters. The maximum absolute atomic E-state index is 12.4. The molecule has 0 aromatic carbocycles. The fraction of sp³-hybridized carbons (Fsp3) is 0.786. The quantitative estimate of drug-likeness (QED) is 0.835. The minimum atomic E-state index is -0.0898. The number of fused-ring (bicyclic) bond motifs is 2. The summed E-state index contributed by atoms with van der Waals surface area (Å²) in [7, 11) is 1.80. The van der Waals surface area contributed by atoms with Gasteiger partial charge in [-0.2, -0.15) is 0 Å². The Kier molecular flexibility index (Phi) is 3.50. The van der Waals surface area contributed by atoms with E-state index in [4.69, 9.17) is 5.73 Å². The molecule has 0 spiro atoms. The molecule has 2 saturated carbocycles. The van der Waals surface area contributed by atoms with Crippen LogP contribution >= 0.6 is 0 Å². The van der Waals surface area contributed by atoms with E-state index in [0.29, 0.717) is 23.6 Å². The van der Waals surface area contributed by atoms with E-state index < -0.39 is 0 Å². The Bertz CT molecular complexity index is 498. The second-order valence-corrected chi connectivity index (χ2v) is 6.33. The Balaban J connectivity index is 1.74. The number of rotatable bonds is 2. The fourth-order valence-electron chi connectivity index (χ4n) is 3.86. The largest absolute Gasteiger partial charge is 0.347 e. The predicted molar refractivity (Wildman–Crippen MR) is 75.0 cm³/mol. The highest BCUT2D eigenvalue weighted by molar-refractivity contribution is 5.93. The molecular formula is C14H23N5O. The van der Waals surface area contributed by atoms with Crippen molar-refractivity contribution in [1.82, 2.24) is 20.3 Å². The van der Waals surface area contributed by atoms with Gasteiger partial charge in [-0.3, -0.25) is 9.48 Å². The smallest absolute Gasteiger partial charge is 0.273 e. The van der Waals surface area contributed by atoms with Gasteiger partial charge in [0, 0.05) is 19.1 Å². The van der Waals surface area contributed by atoms with Gasteiger partial charge in [-0.15, -0.1) is 5.10 Å². The standard InChI is InChI=1S/C14H23N5O/c1-8-12(17-18-19(8)2)14(20)16-13-9-4-3-5-10(13)7-11(15)6-9/h9-11,13H,3-7,15H2,1-2H3,(H,16,20). The maximum Gasteiger partial charge on any atom is 0.273 e. The van der Waals surface area contributed by atoms with Gasteiger partial charge in [0.25, 0.3) is 5.91 Å². The van der Waals surface area contributed by atoms with Crippen molar-refractivity contribution < 1.29 is 4.79 Å². The summed E-state index contributed by atoms with van der Waals surface area (Å²) >= 11 is 0. The van der Waals surface area contributed by atoms with E-state index in [1.807, 2.05) is 6.92 Å². The van der Waals surface area contributed by atoms with Gasteiger partial charge in [-0.25, -0.2) is 0 Å². The Morgan fingerprint density at radius 1 is 1.35 bits per heavy atom. The number of carbonyl (C=O) groups excluding carboxylic acids is 1. The minimum Gasteiger partial charge on any atom is -0.347 e. The van der Waals surface area contributed by atoms with Crippen molar-refractivity contribution in [2.75, 3.05) is 0 Å². The van der Waals surface area contributed by atoms with Gasteiger partial charge in [0.05, 0.1) is 5.69 Å². The Morgan fingerprint density at radius 2 is 2.00 bits per heavy atom. The number of hydrogen-bond donors (Lipinski definition) is 2. The van der Waals surface area contributed by atoms with Crippen LogP contribution in [-0.2, 0) is 7.05 Å². The van der Waals surface area contributed by atoms with Crippen molar-refractivity contribution in [2.24, 2.45) is 24.6 Å². The number of nitrogens with two attached hydrogens (primary N) is 1. The molecule has 0 saturated heterocycles. The predicted octanol–water partition coefficient (Wildman–Crippen LogP) is 0.759. The molecule has 2 aliphatic carbocycles. The Hall–Kier alpha value is -1.43. The van der Waals surface area contributed by atoms with Gasteiger partial charge in [0.1, 0.15) is 0 Å². The van der Waals surface area contributed by atoms with Crippen LogP contribution in [-0.4, -0.2) is 33.0 Å². The van der Waals surface area contributed by atoms with Crippen molar-refractivity contribution in [3.8, 4) is 0 Å². The second kappa shape index (κ2) is 5.16. The normalized spacial score (nSPS) is 33.0. The molecule has 3 rings (SSSR count). The molecule has 1 aromatic rings. The summed E-state index contributed by atoms with van der Waals surface area (Å²) < 4.78 is 1.63. The third kappa shape index (κ3) is 2.32. The highest BCUT2D eigenvalue weighted by atomic mass is 16.2. The summed E-state index contributed by atoms with van der Waals surface area (Å²) in [6, 6.07) is 0.564. The minimum absolute atomic E-state index is 0.0898.